The van der Waals surface area contributed by atoms with E-state index in [1.165, 1.54) is 18.4 Å². The third-order valence-corrected chi connectivity index (χ3v) is 3.18. The van der Waals surface area contributed by atoms with Crippen molar-refractivity contribution in [2.24, 2.45) is 0 Å². The number of esters is 1. The van der Waals surface area contributed by atoms with Crippen LogP contribution in [0.3, 0.4) is 0 Å². The second-order valence-corrected chi connectivity index (χ2v) is 4.20. The molecule has 3 nitrogen and oxygen atoms in total. The lowest BCUT2D eigenvalue weighted by atomic mass is 10.1. The number of anilines is 1. The molecule has 0 aliphatic carbocycles. The molecule has 82 valence electrons. The molecule has 0 aliphatic heterocycles. The van der Waals surface area contributed by atoms with Crippen LogP contribution in [0.15, 0.2) is 35.7 Å². The third kappa shape index (κ3) is 1.92. The predicted octanol–water partition coefficient (Wildman–Crippen LogP) is 2.78. The van der Waals surface area contributed by atoms with Gasteiger partial charge in [-0.05, 0) is 29.1 Å². The van der Waals surface area contributed by atoms with E-state index in [4.69, 9.17) is 10.5 Å². The molecule has 0 radical (unpaired) electrons. The van der Waals surface area contributed by atoms with Crippen molar-refractivity contribution in [2.75, 3.05) is 12.8 Å². The van der Waals surface area contributed by atoms with Gasteiger partial charge in [-0.15, -0.1) is 11.3 Å². The maximum absolute atomic E-state index is 11.5. The van der Waals surface area contributed by atoms with Crippen LogP contribution in [0, 0.1) is 0 Å². The Bertz CT molecular complexity index is 519. The number of nitrogens with two attached hydrogens (primary N) is 1. The summed E-state index contributed by atoms with van der Waals surface area (Å²) in [4.78, 5) is 12.4. The van der Waals surface area contributed by atoms with Crippen LogP contribution in [0.4, 0.5) is 5.69 Å². The maximum atomic E-state index is 11.5. The van der Waals surface area contributed by atoms with Crippen LogP contribution in [-0.2, 0) is 4.74 Å². The quantitative estimate of drug-likeness (QED) is 0.641. The maximum Gasteiger partial charge on any atom is 0.339 e. The smallest absolute Gasteiger partial charge is 0.339 e. The number of nitrogen functional groups attached to an aromatic ring is 1. The second kappa shape index (κ2) is 4.37. The van der Waals surface area contributed by atoms with Crippen molar-refractivity contribution in [3.8, 4) is 10.4 Å². The van der Waals surface area contributed by atoms with Gasteiger partial charge >= 0.3 is 5.97 Å². The van der Waals surface area contributed by atoms with E-state index in [9.17, 15) is 4.79 Å². The van der Waals surface area contributed by atoms with Gasteiger partial charge in [-0.1, -0.05) is 12.1 Å². The van der Waals surface area contributed by atoms with Crippen LogP contribution < -0.4 is 5.73 Å². The SMILES string of the molecule is COC(=O)c1ccsc1-c1cccc(N)c1. The van der Waals surface area contributed by atoms with Crippen molar-refractivity contribution in [1.82, 2.24) is 0 Å². The number of ether oxygens (including phenoxy) is 1. The average molecular weight is 233 g/mol. The Hall–Kier alpha value is -1.81. The number of carbonyl (C=O) groups excluding carboxylic acids is 1. The largest absolute Gasteiger partial charge is 0.465 e. The number of carbonyl (C=O) groups is 1. The van der Waals surface area contributed by atoms with Crippen LogP contribution in [0.1, 0.15) is 10.4 Å². The topological polar surface area (TPSA) is 52.3 Å². The molecule has 2 aromatic rings. The lowest BCUT2D eigenvalue weighted by molar-refractivity contribution is 0.0602. The van der Waals surface area contributed by atoms with Gasteiger partial charge in [-0.3, -0.25) is 0 Å². The summed E-state index contributed by atoms with van der Waals surface area (Å²) in [6, 6.07) is 9.21. The van der Waals surface area contributed by atoms with E-state index >= 15 is 0 Å². The highest BCUT2D eigenvalue weighted by Gasteiger charge is 2.14. The molecule has 0 bridgehead atoms. The van der Waals surface area contributed by atoms with Crippen molar-refractivity contribution in [3.05, 3.63) is 41.3 Å². The minimum Gasteiger partial charge on any atom is -0.465 e. The summed E-state index contributed by atoms with van der Waals surface area (Å²) in [5.41, 5.74) is 7.92. The zero-order chi connectivity index (χ0) is 11.5. The van der Waals surface area contributed by atoms with Crippen molar-refractivity contribution in [3.63, 3.8) is 0 Å². The summed E-state index contributed by atoms with van der Waals surface area (Å²) in [5, 5.41) is 1.87. The first-order valence-corrected chi connectivity index (χ1v) is 5.62. The number of rotatable bonds is 2. The highest BCUT2D eigenvalue weighted by Crippen LogP contribution is 2.30. The highest BCUT2D eigenvalue weighted by molar-refractivity contribution is 7.14. The van der Waals surface area contributed by atoms with Gasteiger partial charge < -0.3 is 10.5 Å². The molecule has 1 heterocycles. The van der Waals surface area contributed by atoms with E-state index in [0.29, 0.717) is 11.3 Å². The average Bonchev–Trinajstić information content (AvgIpc) is 2.77. The predicted molar refractivity (Wildman–Crippen MR) is 65.5 cm³/mol. The minimum atomic E-state index is -0.321. The van der Waals surface area contributed by atoms with Crippen LogP contribution >= 0.6 is 11.3 Å². The fourth-order valence-electron chi connectivity index (χ4n) is 1.48. The second-order valence-electron chi connectivity index (χ2n) is 3.28. The van der Waals surface area contributed by atoms with Gasteiger partial charge in [-0.2, -0.15) is 0 Å². The molecule has 1 aromatic carbocycles. The summed E-state index contributed by atoms with van der Waals surface area (Å²) in [6.07, 6.45) is 0. The van der Waals surface area contributed by atoms with Crippen molar-refractivity contribution in [2.45, 2.75) is 0 Å². The summed E-state index contributed by atoms with van der Waals surface area (Å²) in [6.45, 7) is 0. The third-order valence-electron chi connectivity index (χ3n) is 2.22. The van der Waals surface area contributed by atoms with Crippen LogP contribution in [0.5, 0.6) is 0 Å². The first kappa shape index (κ1) is 10.7. The van der Waals surface area contributed by atoms with Gasteiger partial charge in [-0.25, -0.2) is 4.79 Å². The molecule has 0 fully saturated rings. The Labute approximate surface area is 97.5 Å². The van der Waals surface area contributed by atoms with Crippen molar-refractivity contribution < 1.29 is 9.53 Å². The van der Waals surface area contributed by atoms with Crippen molar-refractivity contribution in [1.29, 1.82) is 0 Å². The number of thiophene rings is 1. The molecule has 0 saturated heterocycles. The molecule has 0 unspecified atom stereocenters. The molecule has 0 saturated carbocycles. The van der Waals surface area contributed by atoms with E-state index in [1.807, 2.05) is 29.6 Å². The molecule has 16 heavy (non-hydrogen) atoms. The molecular weight excluding hydrogens is 222 g/mol. The number of hydrogen-bond donors (Lipinski definition) is 1. The lowest BCUT2D eigenvalue weighted by Gasteiger charge is -2.03. The number of hydrogen-bond acceptors (Lipinski definition) is 4. The first-order chi connectivity index (χ1) is 7.72. The van der Waals surface area contributed by atoms with E-state index < -0.39 is 0 Å². The standard InChI is InChI=1S/C12H11NO2S/c1-15-12(14)10-5-6-16-11(10)8-3-2-4-9(13)7-8/h2-7H,13H2,1H3. The van der Waals surface area contributed by atoms with E-state index in [2.05, 4.69) is 0 Å². The highest BCUT2D eigenvalue weighted by atomic mass is 32.1. The Morgan fingerprint density at radius 2 is 2.19 bits per heavy atom. The fraction of sp³-hybridized carbons (Fsp3) is 0.0833. The Balaban J connectivity index is 2.48. The van der Waals surface area contributed by atoms with Gasteiger partial charge in [0.15, 0.2) is 0 Å². The fourth-order valence-corrected chi connectivity index (χ4v) is 2.37. The Morgan fingerprint density at radius 1 is 1.38 bits per heavy atom. The van der Waals surface area contributed by atoms with Crippen LogP contribution in [0.2, 0.25) is 0 Å². The first-order valence-electron chi connectivity index (χ1n) is 4.74. The molecule has 2 N–H and O–H groups in total. The molecule has 4 heteroatoms. The molecule has 2 rings (SSSR count). The summed E-state index contributed by atoms with van der Waals surface area (Å²) < 4.78 is 4.72. The van der Waals surface area contributed by atoms with Crippen LogP contribution in [-0.4, -0.2) is 13.1 Å². The van der Waals surface area contributed by atoms with E-state index in [1.54, 1.807) is 6.07 Å². The molecule has 1 aromatic heterocycles. The Kier molecular flexibility index (Phi) is 2.92. The lowest BCUT2D eigenvalue weighted by Crippen LogP contribution is -2.00. The van der Waals surface area contributed by atoms with E-state index in [0.717, 1.165) is 10.4 Å². The van der Waals surface area contributed by atoms with Crippen LogP contribution in [0.25, 0.3) is 10.4 Å². The van der Waals surface area contributed by atoms with E-state index in [-0.39, 0.29) is 5.97 Å². The number of methoxy groups -OCH3 is 1. The summed E-state index contributed by atoms with van der Waals surface area (Å²) in [5.74, 6) is -0.321. The molecule has 0 aliphatic rings. The molecule has 0 amide bonds. The van der Waals surface area contributed by atoms with Crippen molar-refractivity contribution >= 4 is 23.0 Å². The monoisotopic (exact) mass is 233 g/mol. The zero-order valence-corrected chi connectivity index (χ0v) is 9.58. The molecule has 0 spiro atoms. The summed E-state index contributed by atoms with van der Waals surface area (Å²) >= 11 is 1.50. The zero-order valence-electron chi connectivity index (χ0n) is 8.77. The Morgan fingerprint density at radius 3 is 2.88 bits per heavy atom. The normalized spacial score (nSPS) is 10.1. The van der Waals surface area contributed by atoms with Gasteiger partial charge in [0.2, 0.25) is 0 Å². The van der Waals surface area contributed by atoms with Gasteiger partial charge in [0, 0.05) is 10.6 Å². The molecule has 0 atom stereocenters. The molecular formula is C12H11NO2S. The van der Waals surface area contributed by atoms with Gasteiger partial charge in [0.1, 0.15) is 0 Å². The number of benzene rings is 1. The summed E-state index contributed by atoms with van der Waals surface area (Å²) in [7, 11) is 1.38. The van der Waals surface area contributed by atoms with Gasteiger partial charge in [0.05, 0.1) is 12.7 Å². The van der Waals surface area contributed by atoms with Gasteiger partial charge in [0.25, 0.3) is 0 Å². The minimum absolute atomic E-state index is 0.321.